The lowest BCUT2D eigenvalue weighted by Gasteiger charge is -2.38. The summed E-state index contributed by atoms with van der Waals surface area (Å²) < 4.78 is 5.31. The van der Waals surface area contributed by atoms with Crippen molar-refractivity contribution >= 4 is 28.9 Å². The Kier molecular flexibility index (Phi) is 8.70. The van der Waals surface area contributed by atoms with E-state index in [4.69, 9.17) is 4.42 Å². The number of benzene rings is 3. The van der Waals surface area contributed by atoms with E-state index >= 15 is 0 Å². The van der Waals surface area contributed by atoms with Crippen LogP contribution in [0.15, 0.2) is 89.5 Å². The van der Waals surface area contributed by atoms with Gasteiger partial charge < -0.3 is 29.8 Å². The van der Waals surface area contributed by atoms with Crippen molar-refractivity contribution in [2.75, 3.05) is 55.4 Å². The summed E-state index contributed by atoms with van der Waals surface area (Å²) in [5.74, 6) is -0.343. The molecule has 0 atom stereocenters. The van der Waals surface area contributed by atoms with Gasteiger partial charge in [0.15, 0.2) is 5.76 Å². The molecule has 1 aromatic heterocycles. The first kappa shape index (κ1) is 28.0. The first-order chi connectivity index (χ1) is 19.9. The van der Waals surface area contributed by atoms with Crippen LogP contribution >= 0.6 is 0 Å². The topological polar surface area (TPSA) is 81.1 Å². The molecule has 2 heterocycles. The van der Waals surface area contributed by atoms with Crippen LogP contribution in [0, 0.1) is 6.92 Å². The van der Waals surface area contributed by atoms with Gasteiger partial charge in [0.1, 0.15) is 0 Å². The third kappa shape index (κ3) is 6.96. The zero-order valence-electron chi connectivity index (χ0n) is 23.9. The van der Waals surface area contributed by atoms with E-state index in [9.17, 15) is 9.59 Å². The van der Waals surface area contributed by atoms with E-state index in [1.165, 1.54) is 23.1 Å². The molecular weight excluding hydrogens is 514 g/mol. The molecule has 0 spiro atoms. The molecule has 41 heavy (non-hydrogen) atoms. The molecule has 1 fully saturated rings. The van der Waals surface area contributed by atoms with Gasteiger partial charge in [-0.25, -0.2) is 0 Å². The molecule has 0 saturated carbocycles. The Morgan fingerprint density at radius 1 is 0.805 bits per heavy atom. The minimum atomic E-state index is -0.356. The SMILES string of the molecule is Cc1ccccc1N1CCN(c2ccc(C(=O)NCc3ccc(CN(C)C)cc3)cc2NC(=O)c2ccco2)CC1. The van der Waals surface area contributed by atoms with E-state index < -0.39 is 0 Å². The average Bonchev–Trinajstić information content (AvgIpc) is 3.52. The van der Waals surface area contributed by atoms with Gasteiger partial charge in [0.05, 0.1) is 17.6 Å². The molecular formula is C33H37N5O3. The highest BCUT2D eigenvalue weighted by Gasteiger charge is 2.23. The van der Waals surface area contributed by atoms with Crippen molar-refractivity contribution in [1.82, 2.24) is 10.2 Å². The van der Waals surface area contributed by atoms with E-state index in [2.05, 4.69) is 68.7 Å². The summed E-state index contributed by atoms with van der Waals surface area (Å²) in [7, 11) is 4.08. The Morgan fingerprint density at radius 2 is 1.49 bits per heavy atom. The normalized spacial score (nSPS) is 13.4. The minimum Gasteiger partial charge on any atom is -0.459 e. The van der Waals surface area contributed by atoms with Gasteiger partial charge >= 0.3 is 0 Å². The molecule has 0 unspecified atom stereocenters. The van der Waals surface area contributed by atoms with Gasteiger partial charge in [0, 0.05) is 50.5 Å². The smallest absolute Gasteiger partial charge is 0.291 e. The predicted octanol–water partition coefficient (Wildman–Crippen LogP) is 5.16. The number of rotatable bonds is 9. The number of carbonyl (C=O) groups is 2. The summed E-state index contributed by atoms with van der Waals surface area (Å²) >= 11 is 0. The Labute approximate surface area is 241 Å². The van der Waals surface area contributed by atoms with Crippen LogP contribution < -0.4 is 20.4 Å². The predicted molar refractivity (Wildman–Crippen MR) is 164 cm³/mol. The maximum Gasteiger partial charge on any atom is 0.291 e. The second-order valence-electron chi connectivity index (χ2n) is 10.7. The minimum absolute atomic E-state index is 0.202. The first-order valence-corrected chi connectivity index (χ1v) is 13.9. The highest BCUT2D eigenvalue weighted by atomic mass is 16.3. The van der Waals surface area contributed by atoms with E-state index in [0.717, 1.165) is 44.0 Å². The largest absolute Gasteiger partial charge is 0.459 e. The van der Waals surface area contributed by atoms with Gasteiger partial charge in [-0.1, -0.05) is 42.5 Å². The van der Waals surface area contributed by atoms with Crippen LogP contribution in [0.5, 0.6) is 0 Å². The van der Waals surface area contributed by atoms with Gasteiger partial charge in [-0.2, -0.15) is 0 Å². The first-order valence-electron chi connectivity index (χ1n) is 13.9. The fourth-order valence-corrected chi connectivity index (χ4v) is 5.16. The third-order valence-electron chi connectivity index (χ3n) is 7.30. The second-order valence-corrected chi connectivity index (χ2v) is 10.7. The van der Waals surface area contributed by atoms with Gasteiger partial charge in [-0.15, -0.1) is 0 Å². The van der Waals surface area contributed by atoms with E-state index in [1.54, 1.807) is 18.2 Å². The van der Waals surface area contributed by atoms with Gasteiger partial charge in [0.25, 0.3) is 11.8 Å². The van der Waals surface area contributed by atoms with Crippen molar-refractivity contribution in [2.45, 2.75) is 20.0 Å². The summed E-state index contributed by atoms with van der Waals surface area (Å²) in [6.07, 6.45) is 1.47. The monoisotopic (exact) mass is 551 g/mol. The molecule has 4 aromatic rings. The maximum absolute atomic E-state index is 13.1. The number of hydrogen-bond acceptors (Lipinski definition) is 6. The molecule has 212 valence electrons. The Balaban J connectivity index is 1.30. The molecule has 0 radical (unpaired) electrons. The molecule has 0 aliphatic carbocycles. The molecule has 2 N–H and O–H groups in total. The van der Waals surface area contributed by atoms with Crippen molar-refractivity contribution in [1.29, 1.82) is 0 Å². The number of piperazine rings is 1. The van der Waals surface area contributed by atoms with Crippen molar-refractivity contribution in [3.63, 3.8) is 0 Å². The number of para-hydroxylation sites is 1. The van der Waals surface area contributed by atoms with Crippen LogP contribution in [0.3, 0.4) is 0 Å². The fraction of sp³-hybridized carbons (Fsp3) is 0.273. The van der Waals surface area contributed by atoms with E-state index in [-0.39, 0.29) is 17.6 Å². The number of amides is 2. The van der Waals surface area contributed by atoms with E-state index in [0.29, 0.717) is 17.8 Å². The summed E-state index contributed by atoms with van der Waals surface area (Å²) in [5, 5.41) is 5.99. The van der Waals surface area contributed by atoms with Crippen LogP contribution in [-0.4, -0.2) is 57.0 Å². The Hall–Kier alpha value is -4.56. The molecule has 3 aromatic carbocycles. The molecule has 1 saturated heterocycles. The Morgan fingerprint density at radius 3 is 2.15 bits per heavy atom. The zero-order valence-corrected chi connectivity index (χ0v) is 23.9. The van der Waals surface area contributed by atoms with Gasteiger partial charge in [-0.05, 0) is 74.1 Å². The molecule has 8 nitrogen and oxygen atoms in total. The molecule has 1 aliphatic heterocycles. The number of nitrogens with one attached hydrogen (secondary N) is 2. The van der Waals surface area contributed by atoms with Gasteiger partial charge in [-0.3, -0.25) is 9.59 Å². The van der Waals surface area contributed by atoms with Crippen LogP contribution in [-0.2, 0) is 13.1 Å². The van der Waals surface area contributed by atoms with Crippen LogP contribution in [0.2, 0.25) is 0 Å². The standard InChI is InChI=1S/C33H37N5O3/c1-24-7-4-5-8-29(24)37-16-18-38(19-17-37)30-15-14-27(21-28(30)35-33(40)31-9-6-20-41-31)32(39)34-22-25-10-12-26(13-11-25)23-36(2)3/h4-15,20-21H,16-19,22-23H2,1-3H3,(H,34,39)(H,35,40). The molecule has 0 bridgehead atoms. The van der Waals surface area contributed by atoms with Crippen molar-refractivity contribution in [3.05, 3.63) is 113 Å². The van der Waals surface area contributed by atoms with Crippen molar-refractivity contribution in [2.24, 2.45) is 0 Å². The lowest BCUT2D eigenvalue weighted by atomic mass is 10.1. The number of furan rings is 1. The number of carbonyl (C=O) groups excluding carboxylic acids is 2. The number of hydrogen-bond donors (Lipinski definition) is 2. The number of nitrogens with zero attached hydrogens (tertiary/aromatic N) is 3. The second kappa shape index (κ2) is 12.7. The van der Waals surface area contributed by atoms with Crippen LogP contribution in [0.25, 0.3) is 0 Å². The fourth-order valence-electron chi connectivity index (χ4n) is 5.16. The zero-order chi connectivity index (χ0) is 28.8. The average molecular weight is 552 g/mol. The summed E-state index contributed by atoms with van der Waals surface area (Å²) in [6, 6.07) is 25.4. The summed E-state index contributed by atoms with van der Waals surface area (Å²) in [4.78, 5) is 32.8. The van der Waals surface area contributed by atoms with E-state index in [1.807, 2.05) is 38.4 Å². The third-order valence-corrected chi connectivity index (χ3v) is 7.30. The highest BCUT2D eigenvalue weighted by molar-refractivity contribution is 6.05. The molecule has 1 aliphatic rings. The van der Waals surface area contributed by atoms with Gasteiger partial charge in [0.2, 0.25) is 0 Å². The summed E-state index contributed by atoms with van der Waals surface area (Å²) in [5.41, 5.74) is 6.68. The Bertz CT molecular complexity index is 1470. The summed E-state index contributed by atoms with van der Waals surface area (Å²) in [6.45, 7) is 6.69. The maximum atomic E-state index is 13.1. The number of aryl methyl sites for hydroxylation is 1. The van der Waals surface area contributed by atoms with Crippen molar-refractivity contribution < 1.29 is 14.0 Å². The highest BCUT2D eigenvalue weighted by Crippen LogP contribution is 2.30. The van der Waals surface area contributed by atoms with Crippen molar-refractivity contribution in [3.8, 4) is 0 Å². The lowest BCUT2D eigenvalue weighted by molar-refractivity contribution is 0.0949. The van der Waals surface area contributed by atoms with Crippen LogP contribution in [0.4, 0.5) is 17.1 Å². The lowest BCUT2D eigenvalue weighted by Crippen LogP contribution is -2.47. The quantitative estimate of drug-likeness (QED) is 0.299. The van der Waals surface area contributed by atoms with Crippen LogP contribution in [0.1, 0.15) is 37.6 Å². The number of anilines is 3. The molecule has 5 rings (SSSR count). The molecule has 2 amide bonds. The molecule has 8 heteroatoms.